The van der Waals surface area contributed by atoms with E-state index in [1.54, 1.807) is 30.3 Å². The molecule has 2 heterocycles. The zero-order chi connectivity index (χ0) is 13.0. The minimum Gasteiger partial charge on any atom is -0.334 e. The molecule has 0 aliphatic rings. The molecule has 2 rings (SSSR count). The first kappa shape index (κ1) is 12.6. The van der Waals surface area contributed by atoms with Gasteiger partial charge in [-0.15, -0.1) is 11.8 Å². The van der Waals surface area contributed by atoms with Crippen molar-refractivity contribution in [2.45, 2.75) is 11.6 Å². The highest BCUT2D eigenvalue weighted by atomic mass is 32.2. The van der Waals surface area contributed by atoms with Crippen molar-refractivity contribution >= 4 is 17.7 Å². The number of nitrogens with one attached hydrogen (secondary N) is 1. The van der Waals surface area contributed by atoms with Crippen LogP contribution < -0.4 is 0 Å². The Bertz CT molecular complexity index is 528. The average molecular weight is 263 g/mol. The fourth-order valence-corrected chi connectivity index (χ4v) is 2.07. The molecule has 0 unspecified atom stereocenters. The van der Waals surface area contributed by atoms with Gasteiger partial charge in [-0.1, -0.05) is 0 Å². The molecule has 2 aromatic heterocycles. The summed E-state index contributed by atoms with van der Waals surface area (Å²) in [6, 6.07) is 3.54. The van der Waals surface area contributed by atoms with Gasteiger partial charge >= 0.3 is 0 Å². The first-order valence-electron chi connectivity index (χ1n) is 5.31. The topological polar surface area (TPSA) is 74.8 Å². The van der Waals surface area contributed by atoms with Crippen molar-refractivity contribution in [3.8, 4) is 0 Å². The van der Waals surface area contributed by atoms with Gasteiger partial charge in [-0.3, -0.25) is 9.89 Å². The van der Waals surface area contributed by atoms with Crippen LogP contribution in [0.15, 0.2) is 29.7 Å². The van der Waals surface area contributed by atoms with Gasteiger partial charge in [-0.25, -0.2) is 9.97 Å². The van der Waals surface area contributed by atoms with Gasteiger partial charge in [0, 0.05) is 13.2 Å². The average Bonchev–Trinajstić information content (AvgIpc) is 2.90. The van der Waals surface area contributed by atoms with E-state index in [0.717, 1.165) is 5.03 Å². The monoisotopic (exact) mass is 263 g/mol. The lowest BCUT2D eigenvalue weighted by Crippen LogP contribution is -2.27. The Morgan fingerprint density at radius 3 is 3.00 bits per heavy atom. The Balaban J connectivity index is 2.15. The Morgan fingerprint density at radius 1 is 1.50 bits per heavy atom. The first-order chi connectivity index (χ1) is 8.72. The fraction of sp³-hybridized carbons (Fsp3) is 0.273. The summed E-state index contributed by atoms with van der Waals surface area (Å²) in [5, 5.41) is 7.21. The summed E-state index contributed by atoms with van der Waals surface area (Å²) >= 11 is 1.45. The van der Waals surface area contributed by atoms with E-state index in [-0.39, 0.29) is 5.91 Å². The highest BCUT2D eigenvalue weighted by molar-refractivity contribution is 7.98. The van der Waals surface area contributed by atoms with Gasteiger partial charge in [0.25, 0.3) is 5.91 Å². The Hall–Kier alpha value is -1.89. The molecule has 0 spiro atoms. The molecule has 0 saturated heterocycles. The lowest BCUT2D eigenvalue weighted by Gasteiger charge is -2.16. The summed E-state index contributed by atoms with van der Waals surface area (Å²) in [6.07, 6.45) is 5.00. The third kappa shape index (κ3) is 2.67. The number of hydrogen-bond donors (Lipinski definition) is 1. The maximum absolute atomic E-state index is 12.3. The van der Waals surface area contributed by atoms with Gasteiger partial charge in [-0.2, -0.15) is 5.10 Å². The van der Waals surface area contributed by atoms with E-state index in [2.05, 4.69) is 20.2 Å². The van der Waals surface area contributed by atoms with Crippen LogP contribution >= 0.6 is 11.8 Å². The molecular weight excluding hydrogens is 250 g/mol. The molecule has 0 saturated carbocycles. The second kappa shape index (κ2) is 5.63. The number of nitrogens with zero attached hydrogens (tertiary/aromatic N) is 4. The van der Waals surface area contributed by atoms with E-state index in [9.17, 15) is 4.79 Å². The van der Waals surface area contributed by atoms with Crippen molar-refractivity contribution in [1.82, 2.24) is 25.1 Å². The van der Waals surface area contributed by atoms with Crippen LogP contribution in [-0.2, 0) is 6.54 Å². The normalized spacial score (nSPS) is 10.3. The van der Waals surface area contributed by atoms with Crippen LogP contribution in [0.25, 0.3) is 0 Å². The molecular formula is C11H13N5OS. The lowest BCUT2D eigenvalue weighted by molar-refractivity contribution is 0.0777. The second-order valence-electron chi connectivity index (χ2n) is 3.65. The summed E-state index contributed by atoms with van der Waals surface area (Å²) in [6.45, 7) is 0.390. The molecule has 1 N–H and O–H groups in total. The summed E-state index contributed by atoms with van der Waals surface area (Å²) < 4.78 is 0. The van der Waals surface area contributed by atoms with Crippen LogP contribution in [0, 0.1) is 0 Å². The number of pyridine rings is 1. The van der Waals surface area contributed by atoms with Crippen molar-refractivity contribution in [2.75, 3.05) is 13.3 Å². The van der Waals surface area contributed by atoms with E-state index in [4.69, 9.17) is 0 Å². The summed E-state index contributed by atoms with van der Waals surface area (Å²) in [7, 11) is 1.72. The molecule has 0 fully saturated rings. The zero-order valence-electron chi connectivity index (χ0n) is 10.1. The molecule has 0 bridgehead atoms. The molecule has 18 heavy (non-hydrogen) atoms. The zero-order valence-corrected chi connectivity index (χ0v) is 10.9. The maximum Gasteiger partial charge on any atom is 0.256 e. The number of hydrogen-bond acceptors (Lipinski definition) is 5. The summed E-state index contributed by atoms with van der Waals surface area (Å²) in [4.78, 5) is 22.0. The van der Waals surface area contributed by atoms with Gasteiger partial charge in [-0.05, 0) is 18.4 Å². The van der Waals surface area contributed by atoms with Crippen molar-refractivity contribution in [3.63, 3.8) is 0 Å². The minimum absolute atomic E-state index is 0.0798. The molecule has 0 aliphatic heterocycles. The lowest BCUT2D eigenvalue weighted by atomic mass is 10.2. The van der Waals surface area contributed by atoms with E-state index in [1.165, 1.54) is 18.1 Å². The number of aromatic nitrogens is 4. The Morgan fingerprint density at radius 2 is 2.33 bits per heavy atom. The van der Waals surface area contributed by atoms with Gasteiger partial charge in [0.15, 0.2) is 0 Å². The Kier molecular flexibility index (Phi) is 3.93. The van der Waals surface area contributed by atoms with Crippen molar-refractivity contribution < 1.29 is 4.79 Å². The molecule has 7 heteroatoms. The van der Waals surface area contributed by atoms with Crippen LogP contribution in [0.4, 0.5) is 0 Å². The number of amides is 1. The van der Waals surface area contributed by atoms with E-state index < -0.39 is 0 Å². The quantitative estimate of drug-likeness (QED) is 0.839. The van der Waals surface area contributed by atoms with E-state index >= 15 is 0 Å². The van der Waals surface area contributed by atoms with Crippen LogP contribution in [0.5, 0.6) is 0 Å². The van der Waals surface area contributed by atoms with E-state index in [1.807, 2.05) is 6.26 Å². The highest BCUT2D eigenvalue weighted by Crippen LogP contribution is 2.18. The summed E-state index contributed by atoms with van der Waals surface area (Å²) in [5.41, 5.74) is 0.604. The SMILES string of the molecule is CSc1ncccc1C(=O)N(C)Cc1ncn[nH]1. The molecule has 0 radical (unpaired) electrons. The third-order valence-corrected chi connectivity index (χ3v) is 3.11. The molecule has 0 aliphatic carbocycles. The molecule has 6 nitrogen and oxygen atoms in total. The van der Waals surface area contributed by atoms with E-state index in [0.29, 0.717) is 17.9 Å². The Labute approximate surface area is 109 Å². The van der Waals surface area contributed by atoms with Crippen LogP contribution in [-0.4, -0.2) is 44.3 Å². The third-order valence-electron chi connectivity index (χ3n) is 2.39. The number of carbonyl (C=O) groups excluding carboxylic acids is 1. The van der Waals surface area contributed by atoms with Crippen LogP contribution in [0.2, 0.25) is 0 Å². The predicted molar refractivity (Wildman–Crippen MR) is 68.2 cm³/mol. The van der Waals surface area contributed by atoms with Crippen molar-refractivity contribution in [2.24, 2.45) is 0 Å². The van der Waals surface area contributed by atoms with Gasteiger partial charge in [0.1, 0.15) is 17.2 Å². The smallest absolute Gasteiger partial charge is 0.256 e. The molecule has 0 aromatic carbocycles. The van der Waals surface area contributed by atoms with Crippen LogP contribution in [0.3, 0.4) is 0 Å². The molecule has 1 amide bonds. The highest BCUT2D eigenvalue weighted by Gasteiger charge is 2.16. The number of aromatic amines is 1. The fourth-order valence-electron chi connectivity index (χ4n) is 1.53. The number of H-pyrrole nitrogens is 1. The molecule has 0 atom stereocenters. The first-order valence-corrected chi connectivity index (χ1v) is 6.53. The minimum atomic E-state index is -0.0798. The molecule has 94 valence electrons. The van der Waals surface area contributed by atoms with Gasteiger partial charge < -0.3 is 4.90 Å². The summed E-state index contributed by atoms with van der Waals surface area (Å²) in [5.74, 6) is 0.573. The second-order valence-corrected chi connectivity index (χ2v) is 4.45. The van der Waals surface area contributed by atoms with Crippen molar-refractivity contribution in [1.29, 1.82) is 0 Å². The maximum atomic E-state index is 12.3. The largest absolute Gasteiger partial charge is 0.334 e. The van der Waals surface area contributed by atoms with Gasteiger partial charge in [0.2, 0.25) is 0 Å². The number of thioether (sulfide) groups is 1. The number of rotatable bonds is 4. The molecule has 2 aromatic rings. The van der Waals surface area contributed by atoms with Crippen molar-refractivity contribution in [3.05, 3.63) is 36.0 Å². The predicted octanol–water partition coefficient (Wildman–Crippen LogP) is 1.19. The standard InChI is InChI=1S/C11H13N5OS/c1-16(6-9-13-7-14-15-9)11(17)8-4-3-5-12-10(8)18-2/h3-5,7H,6H2,1-2H3,(H,13,14,15). The van der Waals surface area contributed by atoms with Gasteiger partial charge in [0.05, 0.1) is 12.1 Å². The number of carbonyl (C=O) groups is 1. The van der Waals surface area contributed by atoms with Crippen LogP contribution in [0.1, 0.15) is 16.2 Å².